The minimum absolute atomic E-state index is 0.0285. The van der Waals surface area contributed by atoms with E-state index in [1.807, 2.05) is 0 Å². The lowest BCUT2D eigenvalue weighted by atomic mass is 9.65. The number of benzene rings is 5. The number of aromatic nitrogens is 2. The highest BCUT2D eigenvalue weighted by Gasteiger charge is 2.57. The van der Waals surface area contributed by atoms with Gasteiger partial charge >= 0.3 is 0 Å². The number of nitrogens with zero attached hydrogens (tertiary/aromatic N) is 6. The van der Waals surface area contributed by atoms with Gasteiger partial charge in [0.15, 0.2) is 11.6 Å². The van der Waals surface area contributed by atoms with Crippen molar-refractivity contribution in [2.75, 3.05) is 26.6 Å². The Balaban J connectivity index is 1.18. The molecule has 6 aromatic rings. The molecule has 4 aliphatic heterocycles. The molecule has 1 aromatic heterocycles. The summed E-state index contributed by atoms with van der Waals surface area (Å²) in [5, 5.41) is 0. The van der Waals surface area contributed by atoms with Crippen LogP contribution in [0, 0.1) is 6.92 Å². The lowest BCUT2D eigenvalue weighted by Gasteiger charge is -2.50. The maximum atomic E-state index is 5.40. The molecule has 0 saturated heterocycles. The molecule has 11 rings (SSSR count). The number of para-hydroxylation sites is 4. The molecule has 5 heterocycles. The van der Waals surface area contributed by atoms with Gasteiger partial charge in [-0.25, -0.2) is 9.97 Å². The van der Waals surface area contributed by atoms with E-state index in [2.05, 4.69) is 168 Å². The van der Waals surface area contributed by atoms with Gasteiger partial charge in [-0.3, -0.25) is 4.90 Å². The van der Waals surface area contributed by atoms with Crippen LogP contribution in [0.4, 0.5) is 39.9 Å². The summed E-state index contributed by atoms with van der Waals surface area (Å²) in [5.41, 5.74) is 16.6. The summed E-state index contributed by atoms with van der Waals surface area (Å²) in [4.78, 5) is 20.5. The molecule has 5 aromatic carbocycles. The first kappa shape index (κ1) is 28.9. The summed E-state index contributed by atoms with van der Waals surface area (Å²) < 4.78 is 0. The smallest absolute Gasteiger partial charge is 0.162 e. The van der Waals surface area contributed by atoms with Gasteiger partial charge in [0.05, 0.1) is 23.3 Å². The second kappa shape index (κ2) is 10.3. The van der Waals surface area contributed by atoms with Gasteiger partial charge in [-0.15, -0.1) is 0 Å². The van der Waals surface area contributed by atoms with Gasteiger partial charge < -0.3 is 14.7 Å². The molecule has 248 valence electrons. The monoisotopic (exact) mass is 662 g/mol. The number of hydrogen-bond acceptors (Lipinski definition) is 6. The van der Waals surface area contributed by atoms with Crippen LogP contribution in [-0.4, -0.2) is 29.3 Å². The zero-order valence-electron chi connectivity index (χ0n) is 29.1. The van der Waals surface area contributed by atoms with E-state index in [4.69, 9.17) is 9.97 Å². The zero-order chi connectivity index (χ0) is 34.0. The second-order valence-electron chi connectivity index (χ2n) is 14.7. The molecule has 3 unspecified atom stereocenters. The first-order valence-corrected chi connectivity index (χ1v) is 18.2. The number of likely N-dealkylation sites (N-methyl/N-ethyl adjacent to an activating group) is 1. The third-order valence-corrected chi connectivity index (χ3v) is 12.3. The summed E-state index contributed by atoms with van der Waals surface area (Å²) in [6.07, 6.45) is 5.05. The third kappa shape index (κ3) is 3.72. The Morgan fingerprint density at radius 3 is 2.20 bits per heavy atom. The van der Waals surface area contributed by atoms with E-state index in [1.54, 1.807) is 0 Å². The minimum atomic E-state index is -0.119. The lowest BCUT2D eigenvalue weighted by Crippen LogP contribution is -2.52. The summed E-state index contributed by atoms with van der Waals surface area (Å²) in [7, 11) is 2.25. The van der Waals surface area contributed by atoms with Crippen LogP contribution in [-0.2, 0) is 11.8 Å². The average Bonchev–Trinajstić information content (AvgIpc) is 3.79. The number of anilines is 7. The van der Waals surface area contributed by atoms with Crippen molar-refractivity contribution in [2.24, 2.45) is 0 Å². The molecule has 0 radical (unpaired) electrons. The fourth-order valence-corrected chi connectivity index (χ4v) is 10.1. The normalized spacial score (nSPS) is 23.2. The lowest BCUT2D eigenvalue weighted by molar-refractivity contribution is 0.448. The van der Waals surface area contributed by atoms with Crippen molar-refractivity contribution in [2.45, 2.75) is 50.9 Å². The van der Waals surface area contributed by atoms with Crippen LogP contribution in [0.25, 0.3) is 17.0 Å². The fraction of sp³-hybridized carbons (Fsp3) is 0.200. The highest BCUT2D eigenvalue weighted by Crippen LogP contribution is 2.63. The van der Waals surface area contributed by atoms with Gasteiger partial charge in [0.1, 0.15) is 18.0 Å². The molecule has 6 heteroatoms. The summed E-state index contributed by atoms with van der Waals surface area (Å²) in [6, 6.07) is 44.6. The van der Waals surface area contributed by atoms with Crippen molar-refractivity contribution < 1.29 is 0 Å². The molecule has 2 bridgehead atoms. The zero-order valence-corrected chi connectivity index (χ0v) is 29.1. The van der Waals surface area contributed by atoms with E-state index < -0.39 is 0 Å². The van der Waals surface area contributed by atoms with Crippen LogP contribution in [0.5, 0.6) is 0 Å². The Morgan fingerprint density at radius 1 is 0.706 bits per heavy atom. The first-order chi connectivity index (χ1) is 25.1. The molecule has 0 N–H and O–H groups in total. The number of fused-ring (bicyclic) bond motifs is 10. The summed E-state index contributed by atoms with van der Waals surface area (Å²) >= 11 is 0. The molecule has 0 amide bonds. The topological polar surface area (TPSA) is 38.7 Å². The Kier molecular flexibility index (Phi) is 5.85. The molecule has 3 atom stereocenters. The average molecular weight is 663 g/mol. The van der Waals surface area contributed by atoms with Crippen molar-refractivity contribution >= 4 is 45.5 Å². The van der Waals surface area contributed by atoms with Crippen molar-refractivity contribution in [3.8, 4) is 11.4 Å². The predicted molar refractivity (Wildman–Crippen MR) is 208 cm³/mol. The van der Waals surface area contributed by atoms with Crippen LogP contribution >= 0.6 is 0 Å². The second-order valence-corrected chi connectivity index (χ2v) is 14.7. The Morgan fingerprint density at radius 2 is 1.41 bits per heavy atom. The summed E-state index contributed by atoms with van der Waals surface area (Å²) in [6.45, 7) is 4.54. The van der Waals surface area contributed by atoms with Gasteiger partial charge in [0.2, 0.25) is 0 Å². The van der Waals surface area contributed by atoms with E-state index >= 15 is 0 Å². The molecule has 1 aliphatic carbocycles. The molecule has 6 nitrogen and oxygen atoms in total. The van der Waals surface area contributed by atoms with E-state index in [0.717, 1.165) is 42.2 Å². The van der Waals surface area contributed by atoms with Crippen molar-refractivity contribution in [1.82, 2.24) is 9.97 Å². The van der Waals surface area contributed by atoms with E-state index in [9.17, 15) is 0 Å². The predicted octanol–water partition coefficient (Wildman–Crippen LogP) is 10.1. The maximum Gasteiger partial charge on any atom is 0.162 e. The Hall–Kier alpha value is -5.88. The maximum absolute atomic E-state index is 5.40. The number of rotatable bonds is 3. The van der Waals surface area contributed by atoms with Crippen LogP contribution in [0.15, 0.2) is 133 Å². The molecule has 5 aliphatic rings. The molecule has 0 saturated carbocycles. The van der Waals surface area contributed by atoms with E-state index in [0.29, 0.717) is 0 Å². The fourth-order valence-electron chi connectivity index (χ4n) is 10.1. The van der Waals surface area contributed by atoms with Crippen LogP contribution < -0.4 is 19.6 Å². The van der Waals surface area contributed by atoms with Crippen LogP contribution in [0.3, 0.4) is 0 Å². The van der Waals surface area contributed by atoms with Gasteiger partial charge in [0, 0.05) is 41.4 Å². The standard InChI is InChI=1S/C45H38N6/c1-4-45-26-29-22-23-36(34(45)24-29)51-43-39(27-46-42(47-43)31-17-9-8-14-28(31)2)48(3)44(51)41(45)33-25-40-49(30-15-6-5-7-16-30)37-20-12-13-21-38(37)50(40)35-19-11-10-18-32(33)35/h5-24,27,40,44H,4,25-26H2,1-3H3/b41-33+. The van der Waals surface area contributed by atoms with Gasteiger partial charge in [0.25, 0.3) is 0 Å². The summed E-state index contributed by atoms with van der Waals surface area (Å²) in [5.74, 6) is 1.76. The van der Waals surface area contributed by atoms with Crippen LogP contribution in [0.2, 0.25) is 0 Å². The van der Waals surface area contributed by atoms with Gasteiger partial charge in [-0.05, 0) is 84.0 Å². The van der Waals surface area contributed by atoms with Crippen LogP contribution in [0.1, 0.15) is 42.0 Å². The van der Waals surface area contributed by atoms with E-state index in [1.165, 1.54) is 61.8 Å². The molecular formula is C45H38N6. The number of hydrogen-bond donors (Lipinski definition) is 0. The first-order valence-electron chi connectivity index (χ1n) is 18.2. The number of aryl methyl sites for hydroxylation is 1. The van der Waals surface area contributed by atoms with Crippen molar-refractivity contribution in [3.63, 3.8) is 0 Å². The SMILES string of the molecule is CCC12Cc3ccc(c1c3)N1c3nc(-c4ccccc4C)ncc3N(C)C1/C2=C1/CC2N(c3ccccc3)c3ccccc3N2c2ccccc21. The molecule has 51 heavy (non-hydrogen) atoms. The quantitative estimate of drug-likeness (QED) is 0.188. The van der Waals surface area contributed by atoms with E-state index in [-0.39, 0.29) is 17.7 Å². The molecule has 0 spiro atoms. The highest BCUT2D eigenvalue weighted by molar-refractivity contribution is 5.98. The van der Waals surface area contributed by atoms with Crippen molar-refractivity contribution in [1.29, 1.82) is 0 Å². The van der Waals surface area contributed by atoms with Gasteiger partial charge in [-0.2, -0.15) is 0 Å². The Bertz CT molecular complexity index is 2450. The minimum Gasteiger partial charge on any atom is -0.346 e. The largest absolute Gasteiger partial charge is 0.346 e. The highest BCUT2D eigenvalue weighted by atomic mass is 15.5. The Labute approximate surface area is 298 Å². The molecular weight excluding hydrogens is 625 g/mol. The molecule has 0 fully saturated rings. The van der Waals surface area contributed by atoms with Crippen molar-refractivity contribution in [3.05, 3.63) is 155 Å². The van der Waals surface area contributed by atoms with Gasteiger partial charge in [-0.1, -0.05) is 91.9 Å². The third-order valence-electron chi connectivity index (χ3n) is 12.3.